The second kappa shape index (κ2) is 7.45. The first-order chi connectivity index (χ1) is 13.2. The molecule has 1 aliphatic heterocycles. The molecule has 2 aromatic carbocycles. The van der Waals surface area contributed by atoms with Gasteiger partial charge in [-0.15, -0.1) is 0 Å². The minimum Gasteiger partial charge on any atom is -0.490 e. The Hall–Kier alpha value is -2.79. The molecule has 3 aromatic rings. The van der Waals surface area contributed by atoms with Gasteiger partial charge < -0.3 is 19.2 Å². The van der Waals surface area contributed by atoms with Crippen molar-refractivity contribution in [1.29, 1.82) is 0 Å². The number of hydrogen-bond acceptors (Lipinski definition) is 5. The molecule has 0 amide bonds. The number of nitrogens with one attached hydrogen (secondary N) is 1. The van der Waals surface area contributed by atoms with Crippen LogP contribution in [0.15, 0.2) is 51.9 Å². The Morgan fingerprint density at radius 2 is 1.81 bits per heavy atom. The minimum atomic E-state index is -0.232. The fraction of sp³-hybridized carbons (Fsp3) is 0.318. The van der Waals surface area contributed by atoms with Gasteiger partial charge in [-0.25, -0.2) is 0 Å². The van der Waals surface area contributed by atoms with Crippen molar-refractivity contribution < 1.29 is 13.9 Å². The molecule has 1 N–H and O–H groups in total. The second-order valence-corrected chi connectivity index (χ2v) is 6.52. The summed E-state index contributed by atoms with van der Waals surface area (Å²) >= 11 is 0. The Morgan fingerprint density at radius 3 is 2.59 bits per heavy atom. The summed E-state index contributed by atoms with van der Waals surface area (Å²) in [5.74, 6) is 1.46. The smallest absolute Gasteiger partial charge is 0.197 e. The summed E-state index contributed by atoms with van der Waals surface area (Å²) in [6.45, 7) is 5.82. The maximum Gasteiger partial charge on any atom is 0.197 e. The first-order valence-electron chi connectivity index (χ1n) is 9.39. The summed E-state index contributed by atoms with van der Waals surface area (Å²) < 4.78 is 17.3. The van der Waals surface area contributed by atoms with Gasteiger partial charge in [-0.1, -0.05) is 12.1 Å². The van der Waals surface area contributed by atoms with E-state index in [1.165, 1.54) is 5.56 Å². The van der Waals surface area contributed by atoms with Gasteiger partial charge in [0.2, 0.25) is 0 Å². The van der Waals surface area contributed by atoms with Gasteiger partial charge in [-0.05, 0) is 55.7 Å². The van der Waals surface area contributed by atoms with Crippen molar-refractivity contribution in [2.75, 3.05) is 19.8 Å². The zero-order chi connectivity index (χ0) is 18.8. The van der Waals surface area contributed by atoms with Crippen LogP contribution in [-0.4, -0.2) is 19.8 Å². The molecular formula is C22H23NO4. The van der Waals surface area contributed by atoms with Crippen molar-refractivity contribution in [1.82, 2.24) is 5.32 Å². The van der Waals surface area contributed by atoms with E-state index in [0.29, 0.717) is 35.5 Å². The Labute approximate surface area is 157 Å². The van der Waals surface area contributed by atoms with Crippen molar-refractivity contribution in [2.24, 2.45) is 0 Å². The summed E-state index contributed by atoms with van der Waals surface area (Å²) in [5.41, 5.74) is 3.41. The van der Waals surface area contributed by atoms with Crippen LogP contribution in [-0.2, 0) is 6.42 Å². The lowest BCUT2D eigenvalue weighted by Crippen LogP contribution is -2.33. The van der Waals surface area contributed by atoms with Gasteiger partial charge in [0, 0.05) is 6.54 Å². The van der Waals surface area contributed by atoms with Crippen LogP contribution in [0.3, 0.4) is 0 Å². The molecular weight excluding hydrogens is 342 g/mol. The number of fused-ring (bicyclic) bond motifs is 2. The van der Waals surface area contributed by atoms with E-state index in [-0.39, 0.29) is 11.5 Å². The SMILES string of the molecule is CCOc1cc2c(cc1OCC)[C@@H](c1coc3ccccc3c1=O)NCC2. The molecule has 5 heteroatoms. The summed E-state index contributed by atoms with van der Waals surface area (Å²) in [6.07, 6.45) is 2.45. The standard InChI is InChI=1S/C22H23NO4/c1-3-25-19-11-14-9-10-23-21(16(14)12-20(19)26-4-2)17-13-27-18-8-6-5-7-15(18)22(17)24/h5-8,11-13,21,23H,3-4,9-10H2,1-2H3/t21-/m0/s1. The molecule has 0 unspecified atom stereocenters. The topological polar surface area (TPSA) is 60.7 Å². The molecule has 2 heterocycles. The van der Waals surface area contributed by atoms with Crippen molar-refractivity contribution in [3.8, 4) is 11.5 Å². The summed E-state index contributed by atoms with van der Waals surface area (Å²) in [7, 11) is 0. The van der Waals surface area contributed by atoms with E-state index in [2.05, 4.69) is 5.32 Å². The van der Waals surface area contributed by atoms with Crippen molar-refractivity contribution in [2.45, 2.75) is 26.3 Å². The van der Waals surface area contributed by atoms with Gasteiger partial charge in [0.05, 0.1) is 30.2 Å². The molecule has 4 rings (SSSR count). The maximum atomic E-state index is 13.1. The molecule has 5 nitrogen and oxygen atoms in total. The van der Waals surface area contributed by atoms with E-state index in [1.807, 2.05) is 44.2 Å². The Kier molecular flexibility index (Phi) is 4.86. The fourth-order valence-electron chi connectivity index (χ4n) is 3.67. The van der Waals surface area contributed by atoms with Gasteiger partial charge in [0.1, 0.15) is 11.8 Å². The average Bonchev–Trinajstić information content (AvgIpc) is 2.69. The van der Waals surface area contributed by atoms with Gasteiger partial charge in [-0.2, -0.15) is 0 Å². The van der Waals surface area contributed by atoms with E-state index in [1.54, 1.807) is 12.3 Å². The van der Waals surface area contributed by atoms with Crippen LogP contribution in [0.1, 0.15) is 36.6 Å². The summed E-state index contributed by atoms with van der Waals surface area (Å²) in [4.78, 5) is 13.1. The third-order valence-electron chi connectivity index (χ3n) is 4.88. The van der Waals surface area contributed by atoms with Gasteiger partial charge in [-0.3, -0.25) is 4.79 Å². The second-order valence-electron chi connectivity index (χ2n) is 6.52. The predicted octanol–water partition coefficient (Wildman–Crippen LogP) is 3.83. The number of para-hydroxylation sites is 1. The van der Waals surface area contributed by atoms with Crippen LogP contribution in [0, 0.1) is 0 Å². The quantitative estimate of drug-likeness (QED) is 0.745. The van der Waals surface area contributed by atoms with Crippen molar-refractivity contribution >= 4 is 11.0 Å². The molecule has 1 atom stereocenters. The average molecular weight is 365 g/mol. The summed E-state index contributed by atoms with van der Waals surface area (Å²) in [6, 6.07) is 11.1. The predicted molar refractivity (Wildman–Crippen MR) is 105 cm³/mol. The molecule has 0 saturated carbocycles. The summed E-state index contributed by atoms with van der Waals surface area (Å²) in [5, 5.41) is 4.06. The van der Waals surface area contributed by atoms with Crippen LogP contribution in [0.4, 0.5) is 0 Å². The highest BCUT2D eigenvalue weighted by Gasteiger charge is 2.27. The molecule has 0 radical (unpaired) electrons. The van der Waals surface area contributed by atoms with Crippen LogP contribution in [0.25, 0.3) is 11.0 Å². The monoisotopic (exact) mass is 365 g/mol. The zero-order valence-electron chi connectivity index (χ0n) is 15.6. The normalized spacial score (nSPS) is 16.1. The Bertz CT molecular complexity index is 1020. The first kappa shape index (κ1) is 17.6. The van der Waals surface area contributed by atoms with E-state index >= 15 is 0 Å². The molecule has 0 spiro atoms. The molecule has 0 aliphatic carbocycles. The van der Waals surface area contributed by atoms with Crippen molar-refractivity contribution in [3.05, 3.63) is 69.6 Å². The van der Waals surface area contributed by atoms with Crippen LogP contribution >= 0.6 is 0 Å². The molecule has 1 aliphatic rings. The van der Waals surface area contributed by atoms with Crippen molar-refractivity contribution in [3.63, 3.8) is 0 Å². The van der Waals surface area contributed by atoms with Gasteiger partial charge in [0.25, 0.3) is 0 Å². The molecule has 140 valence electrons. The minimum absolute atomic E-state index is 0.00551. The zero-order valence-corrected chi connectivity index (χ0v) is 15.6. The van der Waals surface area contributed by atoms with Crippen LogP contribution < -0.4 is 20.2 Å². The number of rotatable bonds is 5. The Balaban J connectivity index is 1.85. The third kappa shape index (κ3) is 3.19. The lowest BCUT2D eigenvalue weighted by Gasteiger charge is -2.28. The van der Waals surface area contributed by atoms with Gasteiger partial charge >= 0.3 is 0 Å². The highest BCUT2D eigenvalue weighted by molar-refractivity contribution is 5.76. The third-order valence-corrected chi connectivity index (χ3v) is 4.88. The van der Waals surface area contributed by atoms with E-state index in [0.717, 1.165) is 24.3 Å². The lowest BCUT2D eigenvalue weighted by atomic mass is 9.89. The Morgan fingerprint density at radius 1 is 1.07 bits per heavy atom. The molecule has 0 fully saturated rings. The molecule has 27 heavy (non-hydrogen) atoms. The largest absolute Gasteiger partial charge is 0.490 e. The lowest BCUT2D eigenvalue weighted by molar-refractivity contribution is 0.286. The van der Waals surface area contributed by atoms with E-state index in [9.17, 15) is 4.79 Å². The van der Waals surface area contributed by atoms with Crippen LogP contribution in [0.2, 0.25) is 0 Å². The molecule has 0 bridgehead atoms. The van der Waals surface area contributed by atoms with Crippen LogP contribution in [0.5, 0.6) is 11.5 Å². The fourth-order valence-corrected chi connectivity index (χ4v) is 3.67. The van der Waals surface area contributed by atoms with Gasteiger partial charge in [0.15, 0.2) is 16.9 Å². The highest BCUT2D eigenvalue weighted by atomic mass is 16.5. The van der Waals surface area contributed by atoms with E-state index < -0.39 is 0 Å². The molecule has 1 aromatic heterocycles. The van der Waals surface area contributed by atoms with E-state index in [4.69, 9.17) is 13.9 Å². The number of benzene rings is 2. The first-order valence-corrected chi connectivity index (χ1v) is 9.39. The number of ether oxygens (including phenoxy) is 2. The molecule has 0 saturated heterocycles. The highest BCUT2D eigenvalue weighted by Crippen LogP contribution is 2.37. The number of hydrogen-bond donors (Lipinski definition) is 1. The maximum absolute atomic E-state index is 13.1.